The van der Waals surface area contributed by atoms with Gasteiger partial charge in [-0.1, -0.05) is 18.2 Å². The van der Waals surface area contributed by atoms with Gasteiger partial charge in [0.25, 0.3) is 0 Å². The van der Waals surface area contributed by atoms with Crippen molar-refractivity contribution in [1.29, 1.82) is 0 Å². The van der Waals surface area contributed by atoms with Crippen molar-refractivity contribution in [3.05, 3.63) is 29.8 Å². The van der Waals surface area contributed by atoms with Crippen LogP contribution in [0.2, 0.25) is 0 Å². The van der Waals surface area contributed by atoms with Crippen LogP contribution in [-0.4, -0.2) is 55.2 Å². The summed E-state index contributed by atoms with van der Waals surface area (Å²) in [5, 5.41) is 0. The third-order valence-electron chi connectivity index (χ3n) is 4.32. The number of nitrogens with zero attached hydrogens (tertiary/aromatic N) is 2. The van der Waals surface area contributed by atoms with E-state index in [9.17, 15) is 0 Å². The number of nitrogens with two attached hydrogens (primary N) is 1. The second-order valence-corrected chi connectivity index (χ2v) is 5.89. The van der Waals surface area contributed by atoms with Gasteiger partial charge in [-0.25, -0.2) is 0 Å². The largest absolute Gasteiger partial charge is 0.494 e. The first-order valence-electron chi connectivity index (χ1n) is 8.07. The molecule has 1 fully saturated rings. The summed E-state index contributed by atoms with van der Waals surface area (Å²) in [6.45, 7) is 12.2. The van der Waals surface area contributed by atoms with E-state index in [1.807, 2.05) is 19.1 Å². The maximum atomic E-state index is 6.08. The molecule has 1 unspecified atom stereocenters. The van der Waals surface area contributed by atoms with Crippen LogP contribution in [0.1, 0.15) is 32.4 Å². The molecule has 0 spiro atoms. The summed E-state index contributed by atoms with van der Waals surface area (Å²) < 4.78 is 5.78. The van der Waals surface area contributed by atoms with Gasteiger partial charge in [-0.2, -0.15) is 0 Å². The Bertz CT molecular complexity index is 428. The SMILES string of the molecule is CCOc1ccccc1C(CN)N1CCN(C(C)C)CC1. The normalized spacial score (nSPS) is 18.9. The first kappa shape index (κ1) is 16.3. The zero-order chi connectivity index (χ0) is 15.2. The van der Waals surface area contributed by atoms with Crippen molar-refractivity contribution in [2.75, 3.05) is 39.3 Å². The van der Waals surface area contributed by atoms with Crippen LogP contribution < -0.4 is 10.5 Å². The monoisotopic (exact) mass is 291 g/mol. The van der Waals surface area contributed by atoms with Crippen molar-refractivity contribution in [2.45, 2.75) is 32.9 Å². The lowest BCUT2D eigenvalue weighted by Gasteiger charge is -2.41. The van der Waals surface area contributed by atoms with E-state index >= 15 is 0 Å². The third kappa shape index (κ3) is 3.96. The summed E-state index contributed by atoms with van der Waals surface area (Å²) in [6, 6.07) is 9.17. The Balaban J connectivity index is 2.10. The molecular weight excluding hydrogens is 262 g/mol. The Hall–Kier alpha value is -1.10. The molecule has 4 nitrogen and oxygen atoms in total. The second-order valence-electron chi connectivity index (χ2n) is 5.89. The summed E-state index contributed by atoms with van der Waals surface area (Å²) in [4.78, 5) is 5.02. The molecule has 1 atom stereocenters. The van der Waals surface area contributed by atoms with E-state index in [-0.39, 0.29) is 6.04 Å². The highest BCUT2D eigenvalue weighted by Crippen LogP contribution is 2.29. The molecule has 2 rings (SSSR count). The van der Waals surface area contributed by atoms with Crippen molar-refractivity contribution < 1.29 is 4.74 Å². The standard InChI is InChI=1S/C17H29N3O/c1-4-21-17-8-6-5-7-15(17)16(13-18)20-11-9-19(10-12-20)14(2)3/h5-8,14,16H,4,9-13,18H2,1-3H3. The zero-order valence-corrected chi connectivity index (χ0v) is 13.6. The van der Waals surface area contributed by atoms with Gasteiger partial charge in [0.1, 0.15) is 5.75 Å². The number of piperazine rings is 1. The lowest BCUT2D eigenvalue weighted by Crippen LogP contribution is -2.50. The minimum atomic E-state index is 0.252. The highest BCUT2D eigenvalue weighted by molar-refractivity contribution is 5.36. The molecular formula is C17H29N3O. The summed E-state index contributed by atoms with van der Waals surface area (Å²) in [5.74, 6) is 0.974. The third-order valence-corrected chi connectivity index (χ3v) is 4.32. The molecule has 1 aliphatic heterocycles. The fraction of sp³-hybridized carbons (Fsp3) is 0.647. The molecule has 1 heterocycles. The number of rotatable bonds is 6. The molecule has 0 amide bonds. The van der Waals surface area contributed by atoms with Crippen molar-refractivity contribution in [1.82, 2.24) is 9.80 Å². The van der Waals surface area contributed by atoms with Crippen molar-refractivity contribution >= 4 is 0 Å². The first-order valence-corrected chi connectivity index (χ1v) is 8.07. The summed E-state index contributed by atoms with van der Waals surface area (Å²) in [6.07, 6.45) is 0. The fourth-order valence-electron chi connectivity index (χ4n) is 3.08. The van der Waals surface area contributed by atoms with Crippen LogP contribution in [0.25, 0.3) is 0 Å². The van der Waals surface area contributed by atoms with E-state index in [1.54, 1.807) is 0 Å². The Morgan fingerprint density at radius 1 is 1.10 bits per heavy atom. The van der Waals surface area contributed by atoms with Gasteiger partial charge in [-0.15, -0.1) is 0 Å². The van der Waals surface area contributed by atoms with Gasteiger partial charge in [0.15, 0.2) is 0 Å². The number of hydrogen-bond acceptors (Lipinski definition) is 4. The van der Waals surface area contributed by atoms with Gasteiger partial charge in [-0.3, -0.25) is 9.80 Å². The van der Waals surface area contributed by atoms with Crippen molar-refractivity contribution in [3.63, 3.8) is 0 Å². The molecule has 0 aromatic heterocycles. The zero-order valence-electron chi connectivity index (χ0n) is 13.6. The van der Waals surface area contributed by atoms with E-state index in [2.05, 4.69) is 35.8 Å². The van der Waals surface area contributed by atoms with Gasteiger partial charge in [0.2, 0.25) is 0 Å². The molecule has 4 heteroatoms. The quantitative estimate of drug-likeness (QED) is 0.871. The highest BCUT2D eigenvalue weighted by atomic mass is 16.5. The molecule has 0 bridgehead atoms. The van der Waals surface area contributed by atoms with Crippen LogP contribution in [0.15, 0.2) is 24.3 Å². The molecule has 0 aliphatic carbocycles. The van der Waals surface area contributed by atoms with Gasteiger partial charge >= 0.3 is 0 Å². The Morgan fingerprint density at radius 3 is 2.29 bits per heavy atom. The molecule has 118 valence electrons. The van der Waals surface area contributed by atoms with Gasteiger partial charge in [-0.05, 0) is 26.8 Å². The molecule has 1 aliphatic rings. The minimum absolute atomic E-state index is 0.252. The predicted octanol–water partition coefficient (Wildman–Crippen LogP) is 2.11. The van der Waals surface area contributed by atoms with E-state index < -0.39 is 0 Å². The smallest absolute Gasteiger partial charge is 0.124 e. The second kappa shape index (κ2) is 7.78. The number of benzene rings is 1. The van der Waals surface area contributed by atoms with Crippen LogP contribution in [0.5, 0.6) is 5.75 Å². The summed E-state index contributed by atoms with van der Waals surface area (Å²) in [7, 11) is 0. The minimum Gasteiger partial charge on any atom is -0.494 e. The first-order chi connectivity index (χ1) is 10.2. The van der Waals surface area contributed by atoms with E-state index in [4.69, 9.17) is 10.5 Å². The Kier molecular flexibility index (Phi) is 6.03. The lowest BCUT2D eigenvalue weighted by atomic mass is 10.0. The molecule has 0 radical (unpaired) electrons. The maximum Gasteiger partial charge on any atom is 0.124 e. The van der Waals surface area contributed by atoms with Crippen molar-refractivity contribution in [2.24, 2.45) is 5.73 Å². The average Bonchev–Trinajstić information content (AvgIpc) is 2.50. The van der Waals surface area contributed by atoms with Crippen LogP contribution in [0.4, 0.5) is 0 Å². The maximum absolute atomic E-state index is 6.08. The van der Waals surface area contributed by atoms with E-state index in [1.165, 1.54) is 5.56 Å². The van der Waals surface area contributed by atoms with Crippen molar-refractivity contribution in [3.8, 4) is 5.75 Å². The molecule has 0 saturated carbocycles. The summed E-state index contributed by atoms with van der Waals surface area (Å²) in [5.41, 5.74) is 7.31. The molecule has 1 saturated heterocycles. The molecule has 1 aromatic carbocycles. The summed E-state index contributed by atoms with van der Waals surface area (Å²) >= 11 is 0. The van der Waals surface area contributed by atoms with E-state index in [0.717, 1.165) is 31.9 Å². The highest BCUT2D eigenvalue weighted by Gasteiger charge is 2.26. The van der Waals surface area contributed by atoms with Crippen LogP contribution in [0.3, 0.4) is 0 Å². The Labute approximate surface area is 128 Å². The van der Waals surface area contributed by atoms with Gasteiger partial charge in [0.05, 0.1) is 12.6 Å². The Morgan fingerprint density at radius 2 is 1.71 bits per heavy atom. The number of ether oxygens (including phenoxy) is 1. The topological polar surface area (TPSA) is 41.7 Å². The lowest BCUT2D eigenvalue weighted by molar-refractivity contribution is 0.0792. The molecule has 21 heavy (non-hydrogen) atoms. The average molecular weight is 291 g/mol. The van der Waals surface area contributed by atoms with Gasteiger partial charge < -0.3 is 10.5 Å². The number of para-hydroxylation sites is 1. The van der Waals surface area contributed by atoms with Crippen LogP contribution in [0, 0.1) is 0 Å². The predicted molar refractivity (Wildman–Crippen MR) is 87.7 cm³/mol. The fourth-order valence-corrected chi connectivity index (χ4v) is 3.08. The van der Waals surface area contributed by atoms with Crippen LogP contribution >= 0.6 is 0 Å². The van der Waals surface area contributed by atoms with E-state index in [0.29, 0.717) is 19.2 Å². The van der Waals surface area contributed by atoms with Crippen LogP contribution in [-0.2, 0) is 0 Å². The molecule has 1 aromatic rings. The number of hydrogen-bond donors (Lipinski definition) is 1. The van der Waals surface area contributed by atoms with Gasteiger partial charge in [0, 0.05) is 44.3 Å². The molecule has 2 N–H and O–H groups in total.